The first-order chi connectivity index (χ1) is 12.4. The fraction of sp³-hybridized carbons (Fsp3) is 0.636. The minimum absolute atomic E-state index is 0.0323. The molecule has 0 unspecified atom stereocenters. The summed E-state index contributed by atoms with van der Waals surface area (Å²) >= 11 is 0. The number of benzene rings is 1. The maximum Gasteiger partial charge on any atom is 0.411 e. The van der Waals surface area contributed by atoms with Crippen molar-refractivity contribution in [2.75, 3.05) is 0 Å². The van der Waals surface area contributed by atoms with Gasteiger partial charge in [-0.2, -0.15) is 0 Å². The van der Waals surface area contributed by atoms with Crippen molar-refractivity contribution >= 4 is 12.0 Å². The van der Waals surface area contributed by atoms with Gasteiger partial charge < -0.3 is 10.1 Å². The number of carbonyl (C=O) groups is 2. The summed E-state index contributed by atoms with van der Waals surface area (Å²) in [6.45, 7) is 13.8. The zero-order chi connectivity index (χ0) is 20.4. The number of hydrogen-bond donors (Lipinski definition) is 1. The summed E-state index contributed by atoms with van der Waals surface area (Å²) in [5.41, 5.74) is 0.317. The first-order valence-electron chi connectivity index (χ1n) is 9.77. The summed E-state index contributed by atoms with van der Waals surface area (Å²) in [5.74, 6) is -0.121. The largest absolute Gasteiger partial charge is 0.444 e. The Hall–Kier alpha value is -2.04. The summed E-state index contributed by atoms with van der Waals surface area (Å²) in [6.07, 6.45) is 1.03. The third-order valence-electron chi connectivity index (χ3n) is 4.95. The first-order valence-corrected chi connectivity index (χ1v) is 9.77. The summed E-state index contributed by atoms with van der Waals surface area (Å²) in [7, 11) is 0. The molecule has 1 aromatic rings. The molecule has 1 aliphatic rings. The molecule has 0 bridgehead atoms. The molecule has 1 saturated heterocycles. The predicted molar refractivity (Wildman–Crippen MR) is 107 cm³/mol. The lowest BCUT2D eigenvalue weighted by molar-refractivity contribution is -0.127. The van der Waals surface area contributed by atoms with Crippen LogP contribution in [0.2, 0.25) is 0 Å². The van der Waals surface area contributed by atoms with Crippen molar-refractivity contribution in [3.05, 3.63) is 35.9 Å². The molecule has 1 fully saturated rings. The molecule has 3 atom stereocenters. The molecule has 2 amide bonds. The summed E-state index contributed by atoms with van der Waals surface area (Å²) in [5, 5.41) is 3.07. The summed E-state index contributed by atoms with van der Waals surface area (Å²) in [4.78, 5) is 27.6. The Kier molecular flexibility index (Phi) is 6.23. The molecular weight excluding hydrogens is 340 g/mol. The lowest BCUT2D eigenvalue weighted by Gasteiger charge is -2.38. The highest BCUT2D eigenvalue weighted by atomic mass is 16.6. The van der Waals surface area contributed by atoms with Crippen molar-refractivity contribution in [2.24, 2.45) is 5.41 Å². The number of rotatable bonds is 3. The SMILES string of the molecule is C[C@H](NC(=O)[C@@H]1CC[C@H](C(C)(C)C)N1C(=O)OC(C)(C)C)c1ccccc1. The highest BCUT2D eigenvalue weighted by Gasteiger charge is 2.47. The molecule has 0 saturated carbocycles. The van der Waals surface area contributed by atoms with Crippen molar-refractivity contribution in [2.45, 2.75) is 85.0 Å². The summed E-state index contributed by atoms with van der Waals surface area (Å²) in [6, 6.07) is 9.18. The van der Waals surface area contributed by atoms with Gasteiger partial charge in [-0.15, -0.1) is 0 Å². The minimum atomic E-state index is -0.597. The smallest absolute Gasteiger partial charge is 0.411 e. The zero-order valence-electron chi connectivity index (χ0n) is 17.7. The molecule has 0 spiro atoms. The van der Waals surface area contributed by atoms with E-state index in [9.17, 15) is 9.59 Å². The lowest BCUT2D eigenvalue weighted by atomic mass is 9.85. The predicted octanol–water partition coefficient (Wildman–Crippen LogP) is 4.68. The number of hydrogen-bond acceptors (Lipinski definition) is 3. The highest BCUT2D eigenvalue weighted by molar-refractivity contribution is 5.87. The van der Waals surface area contributed by atoms with Crippen LogP contribution < -0.4 is 5.32 Å². The number of nitrogens with zero attached hydrogens (tertiary/aromatic N) is 1. The molecule has 150 valence electrons. The van der Waals surface area contributed by atoms with Crippen LogP contribution in [0.5, 0.6) is 0 Å². The van der Waals surface area contributed by atoms with Crippen LogP contribution in [-0.2, 0) is 9.53 Å². The molecule has 1 aromatic carbocycles. The van der Waals surface area contributed by atoms with Crippen LogP contribution in [0.3, 0.4) is 0 Å². The third kappa shape index (κ3) is 5.47. The fourth-order valence-electron chi connectivity index (χ4n) is 3.62. The van der Waals surface area contributed by atoms with Crippen LogP contribution in [0.25, 0.3) is 0 Å². The van der Waals surface area contributed by atoms with E-state index in [1.54, 1.807) is 4.90 Å². The maximum absolute atomic E-state index is 13.0. The number of carbonyl (C=O) groups excluding carboxylic acids is 2. The molecule has 27 heavy (non-hydrogen) atoms. The van der Waals surface area contributed by atoms with Crippen molar-refractivity contribution in [3.63, 3.8) is 0 Å². The lowest BCUT2D eigenvalue weighted by Crippen LogP contribution is -2.53. The average molecular weight is 375 g/mol. The van der Waals surface area contributed by atoms with Crippen molar-refractivity contribution in [1.82, 2.24) is 10.2 Å². The van der Waals surface area contributed by atoms with Gasteiger partial charge in [-0.25, -0.2) is 4.79 Å². The quantitative estimate of drug-likeness (QED) is 0.836. The Labute approximate surface area is 163 Å². The van der Waals surface area contributed by atoms with Crippen LogP contribution in [0.1, 0.15) is 72.9 Å². The van der Waals surface area contributed by atoms with Gasteiger partial charge >= 0.3 is 6.09 Å². The van der Waals surface area contributed by atoms with E-state index in [1.807, 2.05) is 58.0 Å². The number of likely N-dealkylation sites (tertiary alicyclic amines) is 1. The molecule has 5 heteroatoms. The van der Waals surface area contributed by atoms with E-state index in [1.165, 1.54) is 0 Å². The maximum atomic E-state index is 13.0. The number of amides is 2. The molecule has 2 rings (SSSR count). The molecule has 0 aliphatic carbocycles. The van der Waals surface area contributed by atoms with Gasteiger partial charge in [0.2, 0.25) is 5.91 Å². The van der Waals surface area contributed by atoms with E-state index in [-0.39, 0.29) is 23.4 Å². The molecule has 5 nitrogen and oxygen atoms in total. The second-order valence-electron chi connectivity index (χ2n) is 9.50. The topological polar surface area (TPSA) is 58.6 Å². The second-order valence-corrected chi connectivity index (χ2v) is 9.50. The molecule has 0 aromatic heterocycles. The van der Waals surface area contributed by atoms with Crippen molar-refractivity contribution in [3.8, 4) is 0 Å². The van der Waals surface area contributed by atoms with Crippen LogP contribution in [0, 0.1) is 5.41 Å². The van der Waals surface area contributed by atoms with Crippen LogP contribution in [0.15, 0.2) is 30.3 Å². The van der Waals surface area contributed by atoms with E-state index < -0.39 is 17.7 Å². The van der Waals surface area contributed by atoms with E-state index >= 15 is 0 Å². The Bertz CT molecular complexity index is 658. The molecule has 1 N–H and O–H groups in total. The van der Waals surface area contributed by atoms with Gasteiger partial charge in [-0.05, 0) is 51.5 Å². The van der Waals surface area contributed by atoms with Crippen LogP contribution >= 0.6 is 0 Å². The Morgan fingerprint density at radius 3 is 2.19 bits per heavy atom. The Morgan fingerprint density at radius 2 is 1.67 bits per heavy atom. The van der Waals surface area contributed by atoms with Crippen molar-refractivity contribution < 1.29 is 14.3 Å². The molecular formula is C22H34N2O3. The van der Waals surface area contributed by atoms with Crippen LogP contribution in [0.4, 0.5) is 4.79 Å². The number of nitrogens with one attached hydrogen (secondary N) is 1. The number of ether oxygens (including phenoxy) is 1. The standard InChI is InChI=1S/C22H34N2O3/c1-15(16-11-9-8-10-12-16)23-19(25)17-13-14-18(21(2,3)4)24(17)20(26)27-22(5,6)7/h8-12,15,17-18H,13-14H2,1-7H3,(H,23,25)/t15-,17-,18+/m0/s1. The normalized spacial score (nSPS) is 21.7. The van der Waals surface area contributed by atoms with Gasteiger partial charge in [0.05, 0.1) is 6.04 Å². The van der Waals surface area contributed by atoms with E-state index in [2.05, 4.69) is 26.1 Å². The average Bonchev–Trinajstić information content (AvgIpc) is 2.99. The zero-order valence-corrected chi connectivity index (χ0v) is 17.7. The van der Waals surface area contributed by atoms with E-state index in [4.69, 9.17) is 4.74 Å². The molecule has 1 aliphatic heterocycles. The minimum Gasteiger partial charge on any atom is -0.444 e. The Morgan fingerprint density at radius 1 is 1.07 bits per heavy atom. The van der Waals surface area contributed by atoms with E-state index in [0.717, 1.165) is 12.0 Å². The molecule has 0 radical (unpaired) electrons. The first kappa shape index (κ1) is 21.3. The second kappa shape index (κ2) is 7.91. The van der Waals surface area contributed by atoms with Gasteiger partial charge in [0.1, 0.15) is 11.6 Å². The summed E-state index contributed by atoms with van der Waals surface area (Å²) < 4.78 is 5.62. The van der Waals surface area contributed by atoms with Gasteiger partial charge in [0.15, 0.2) is 0 Å². The van der Waals surface area contributed by atoms with Gasteiger partial charge in [-0.1, -0.05) is 51.1 Å². The van der Waals surface area contributed by atoms with Gasteiger partial charge in [0.25, 0.3) is 0 Å². The highest BCUT2D eigenvalue weighted by Crippen LogP contribution is 2.37. The van der Waals surface area contributed by atoms with Crippen molar-refractivity contribution in [1.29, 1.82) is 0 Å². The Balaban J connectivity index is 2.19. The van der Waals surface area contributed by atoms with E-state index in [0.29, 0.717) is 6.42 Å². The van der Waals surface area contributed by atoms with Gasteiger partial charge in [-0.3, -0.25) is 9.69 Å². The molecule has 1 heterocycles. The van der Waals surface area contributed by atoms with Crippen LogP contribution in [-0.4, -0.2) is 34.6 Å². The third-order valence-corrected chi connectivity index (χ3v) is 4.95. The monoisotopic (exact) mass is 374 g/mol. The fourth-order valence-corrected chi connectivity index (χ4v) is 3.62. The van der Waals surface area contributed by atoms with Gasteiger partial charge in [0, 0.05) is 6.04 Å².